The van der Waals surface area contributed by atoms with Crippen LogP contribution >= 0.6 is 0 Å². The van der Waals surface area contributed by atoms with Crippen LogP contribution in [0.5, 0.6) is 11.5 Å². The first kappa shape index (κ1) is 10.8. The number of benzene rings is 2. The normalized spacial score (nSPS) is 10.4. The summed E-state index contributed by atoms with van der Waals surface area (Å²) < 4.78 is 10.7. The van der Waals surface area contributed by atoms with Crippen LogP contribution in [-0.2, 0) is 6.54 Å². The molecule has 0 saturated heterocycles. The number of nitrogens with two attached hydrogens (primary N) is 1. The zero-order valence-corrected chi connectivity index (χ0v) is 9.49. The van der Waals surface area contributed by atoms with Crippen molar-refractivity contribution < 1.29 is 9.47 Å². The maximum absolute atomic E-state index is 5.66. The van der Waals surface area contributed by atoms with E-state index in [4.69, 9.17) is 15.2 Å². The highest BCUT2D eigenvalue weighted by Gasteiger charge is 2.07. The molecule has 0 amide bonds. The molecule has 0 heterocycles. The molecule has 0 aromatic heterocycles. The second-order valence-electron chi connectivity index (χ2n) is 3.56. The highest BCUT2D eigenvalue weighted by Crippen LogP contribution is 2.33. The van der Waals surface area contributed by atoms with Gasteiger partial charge in [0.15, 0.2) is 0 Å². The molecular weight excluding hydrogens is 202 g/mol. The number of ether oxygens (including phenoxy) is 2. The molecule has 2 rings (SSSR count). The number of hydrogen-bond donors (Lipinski definition) is 1. The summed E-state index contributed by atoms with van der Waals surface area (Å²) in [7, 11) is 3.32. The summed E-state index contributed by atoms with van der Waals surface area (Å²) in [4.78, 5) is 0. The van der Waals surface area contributed by atoms with Crippen LogP contribution in [-0.4, -0.2) is 14.2 Å². The maximum atomic E-state index is 5.66. The number of rotatable bonds is 3. The molecular formula is C13H15NO2. The van der Waals surface area contributed by atoms with Gasteiger partial charge in [-0.2, -0.15) is 0 Å². The van der Waals surface area contributed by atoms with Crippen LogP contribution in [0.2, 0.25) is 0 Å². The van der Waals surface area contributed by atoms with Crippen LogP contribution < -0.4 is 15.2 Å². The van der Waals surface area contributed by atoms with Gasteiger partial charge in [-0.05, 0) is 23.8 Å². The summed E-state index contributed by atoms with van der Waals surface area (Å²) in [6, 6.07) is 9.89. The van der Waals surface area contributed by atoms with E-state index in [1.807, 2.05) is 30.3 Å². The Morgan fingerprint density at radius 3 is 2.38 bits per heavy atom. The second kappa shape index (κ2) is 4.41. The van der Waals surface area contributed by atoms with Crippen LogP contribution in [0.3, 0.4) is 0 Å². The summed E-state index contributed by atoms with van der Waals surface area (Å²) in [6.07, 6.45) is 0. The van der Waals surface area contributed by atoms with Crippen molar-refractivity contribution in [2.45, 2.75) is 6.54 Å². The van der Waals surface area contributed by atoms with Crippen LogP contribution in [0.25, 0.3) is 10.8 Å². The monoisotopic (exact) mass is 217 g/mol. The molecule has 0 saturated carbocycles. The van der Waals surface area contributed by atoms with Crippen LogP contribution in [0.1, 0.15) is 5.56 Å². The van der Waals surface area contributed by atoms with Gasteiger partial charge in [0.25, 0.3) is 0 Å². The molecule has 84 valence electrons. The van der Waals surface area contributed by atoms with E-state index in [0.717, 1.165) is 27.8 Å². The standard InChI is InChI=1S/C13H15NO2/c1-15-12-5-3-4-10-11(12)6-9(8-14)7-13(10)16-2/h3-7H,8,14H2,1-2H3. The van der Waals surface area contributed by atoms with Gasteiger partial charge in [0, 0.05) is 17.3 Å². The number of hydrogen-bond acceptors (Lipinski definition) is 3. The van der Waals surface area contributed by atoms with Gasteiger partial charge in [0.1, 0.15) is 11.5 Å². The minimum absolute atomic E-state index is 0.490. The zero-order chi connectivity index (χ0) is 11.5. The smallest absolute Gasteiger partial charge is 0.127 e. The molecule has 0 fully saturated rings. The average molecular weight is 217 g/mol. The third kappa shape index (κ3) is 1.70. The van der Waals surface area contributed by atoms with Crippen LogP contribution in [0.4, 0.5) is 0 Å². The highest BCUT2D eigenvalue weighted by atomic mass is 16.5. The lowest BCUT2D eigenvalue weighted by molar-refractivity contribution is 0.415. The van der Waals surface area contributed by atoms with E-state index >= 15 is 0 Å². The van der Waals surface area contributed by atoms with Gasteiger partial charge in [-0.3, -0.25) is 0 Å². The van der Waals surface area contributed by atoms with Crippen LogP contribution in [0.15, 0.2) is 30.3 Å². The number of methoxy groups -OCH3 is 2. The van der Waals surface area contributed by atoms with Crippen molar-refractivity contribution in [1.29, 1.82) is 0 Å². The quantitative estimate of drug-likeness (QED) is 0.858. The van der Waals surface area contributed by atoms with Crippen molar-refractivity contribution in [3.8, 4) is 11.5 Å². The molecule has 0 aliphatic carbocycles. The average Bonchev–Trinajstić information content (AvgIpc) is 2.36. The maximum Gasteiger partial charge on any atom is 0.127 e. The van der Waals surface area contributed by atoms with E-state index in [9.17, 15) is 0 Å². The minimum atomic E-state index is 0.490. The predicted molar refractivity (Wildman–Crippen MR) is 64.9 cm³/mol. The molecule has 0 aliphatic rings. The molecule has 16 heavy (non-hydrogen) atoms. The van der Waals surface area contributed by atoms with Crippen molar-refractivity contribution in [2.75, 3.05) is 14.2 Å². The fourth-order valence-corrected chi connectivity index (χ4v) is 1.85. The summed E-state index contributed by atoms with van der Waals surface area (Å²) in [5, 5.41) is 2.07. The second-order valence-corrected chi connectivity index (χ2v) is 3.56. The third-order valence-corrected chi connectivity index (χ3v) is 2.65. The van der Waals surface area contributed by atoms with Gasteiger partial charge >= 0.3 is 0 Å². The molecule has 0 radical (unpaired) electrons. The van der Waals surface area contributed by atoms with Crippen molar-refractivity contribution >= 4 is 10.8 Å². The lowest BCUT2D eigenvalue weighted by Crippen LogP contribution is -1.98. The van der Waals surface area contributed by atoms with E-state index < -0.39 is 0 Å². The Bertz CT molecular complexity index is 509. The van der Waals surface area contributed by atoms with Crippen molar-refractivity contribution in [3.05, 3.63) is 35.9 Å². The van der Waals surface area contributed by atoms with Crippen molar-refractivity contribution in [1.82, 2.24) is 0 Å². The van der Waals surface area contributed by atoms with Crippen molar-refractivity contribution in [2.24, 2.45) is 5.73 Å². The topological polar surface area (TPSA) is 44.5 Å². The van der Waals surface area contributed by atoms with E-state index in [-0.39, 0.29) is 0 Å². The Kier molecular flexibility index (Phi) is 2.97. The van der Waals surface area contributed by atoms with Gasteiger partial charge < -0.3 is 15.2 Å². The van der Waals surface area contributed by atoms with E-state index in [0.29, 0.717) is 6.54 Å². The Morgan fingerprint density at radius 1 is 1.00 bits per heavy atom. The fraction of sp³-hybridized carbons (Fsp3) is 0.231. The summed E-state index contributed by atoms with van der Waals surface area (Å²) >= 11 is 0. The summed E-state index contributed by atoms with van der Waals surface area (Å²) in [6.45, 7) is 0.490. The van der Waals surface area contributed by atoms with E-state index in [2.05, 4.69) is 0 Å². The van der Waals surface area contributed by atoms with Gasteiger partial charge in [0.2, 0.25) is 0 Å². The van der Waals surface area contributed by atoms with Crippen LogP contribution in [0, 0.1) is 0 Å². The molecule has 2 aromatic carbocycles. The third-order valence-electron chi connectivity index (χ3n) is 2.65. The molecule has 2 aromatic rings. The Labute approximate surface area is 94.8 Å². The Balaban J connectivity index is 2.78. The first-order chi connectivity index (χ1) is 7.80. The lowest BCUT2D eigenvalue weighted by atomic mass is 10.0. The minimum Gasteiger partial charge on any atom is -0.496 e. The predicted octanol–water partition coefficient (Wildman–Crippen LogP) is 2.32. The largest absolute Gasteiger partial charge is 0.496 e. The zero-order valence-electron chi connectivity index (χ0n) is 9.49. The van der Waals surface area contributed by atoms with Gasteiger partial charge in [-0.1, -0.05) is 12.1 Å². The molecule has 0 spiro atoms. The van der Waals surface area contributed by atoms with E-state index in [1.54, 1.807) is 14.2 Å². The summed E-state index contributed by atoms with van der Waals surface area (Å²) in [5.74, 6) is 1.67. The molecule has 3 nitrogen and oxygen atoms in total. The fourth-order valence-electron chi connectivity index (χ4n) is 1.85. The lowest BCUT2D eigenvalue weighted by Gasteiger charge is -2.11. The highest BCUT2D eigenvalue weighted by molar-refractivity contribution is 5.93. The first-order valence-corrected chi connectivity index (χ1v) is 5.14. The van der Waals surface area contributed by atoms with Gasteiger partial charge in [0.05, 0.1) is 14.2 Å². The van der Waals surface area contributed by atoms with E-state index in [1.165, 1.54) is 0 Å². The molecule has 0 bridgehead atoms. The van der Waals surface area contributed by atoms with Gasteiger partial charge in [-0.15, -0.1) is 0 Å². The molecule has 0 unspecified atom stereocenters. The molecule has 0 atom stereocenters. The molecule has 2 N–H and O–H groups in total. The SMILES string of the molecule is COc1cc(CN)cc2c(OC)cccc12. The molecule has 3 heteroatoms. The molecule has 0 aliphatic heterocycles. The van der Waals surface area contributed by atoms with Crippen molar-refractivity contribution in [3.63, 3.8) is 0 Å². The Hall–Kier alpha value is -1.74. The first-order valence-electron chi connectivity index (χ1n) is 5.14. The number of fused-ring (bicyclic) bond motifs is 1. The Morgan fingerprint density at radius 2 is 1.75 bits per heavy atom. The van der Waals surface area contributed by atoms with Gasteiger partial charge in [-0.25, -0.2) is 0 Å². The summed E-state index contributed by atoms with van der Waals surface area (Å²) in [5.41, 5.74) is 6.70.